The molecule has 184 valence electrons. The number of hydrogen-bond donors (Lipinski definition) is 0. The third-order valence-corrected chi connectivity index (χ3v) is 8.31. The number of rotatable bonds is 4. The zero-order valence-electron chi connectivity index (χ0n) is 20.6. The molecular formula is C28H25Cl2N3O2S. The Kier molecular flexibility index (Phi) is 6.31. The fourth-order valence-electron chi connectivity index (χ4n) is 4.83. The Morgan fingerprint density at radius 3 is 2.44 bits per heavy atom. The minimum Gasteiger partial charge on any atom is -0.340 e. The summed E-state index contributed by atoms with van der Waals surface area (Å²) in [6.45, 7) is 10.4. The topological polar surface area (TPSA) is 56.4 Å². The normalized spacial score (nSPS) is 12.5. The fraction of sp³-hybridized carbons (Fsp3) is 0.250. The highest BCUT2D eigenvalue weighted by Gasteiger charge is 2.18. The zero-order chi connectivity index (χ0) is 25.9. The Morgan fingerprint density at radius 1 is 1.00 bits per heavy atom. The van der Waals surface area contributed by atoms with Crippen molar-refractivity contribution in [1.82, 2.24) is 14.0 Å². The first-order valence-corrected chi connectivity index (χ1v) is 13.2. The van der Waals surface area contributed by atoms with Crippen LogP contribution in [-0.4, -0.2) is 14.0 Å². The van der Waals surface area contributed by atoms with E-state index in [9.17, 15) is 9.59 Å². The summed E-state index contributed by atoms with van der Waals surface area (Å²) in [6, 6.07) is 11.9. The molecule has 5 nitrogen and oxygen atoms in total. The number of halogens is 2. The maximum atomic E-state index is 13.4. The number of thiazole rings is 1. The van der Waals surface area contributed by atoms with Gasteiger partial charge >= 0.3 is 0 Å². The van der Waals surface area contributed by atoms with E-state index in [-0.39, 0.29) is 17.0 Å². The van der Waals surface area contributed by atoms with Gasteiger partial charge in [0.1, 0.15) is 0 Å². The van der Waals surface area contributed by atoms with Crippen LogP contribution >= 0.6 is 34.5 Å². The molecule has 0 atom stereocenters. The van der Waals surface area contributed by atoms with E-state index in [2.05, 4.69) is 27.8 Å². The highest BCUT2D eigenvalue weighted by Crippen LogP contribution is 2.30. The molecule has 0 spiro atoms. The molecule has 0 fully saturated rings. The quantitative estimate of drug-likeness (QED) is 0.281. The van der Waals surface area contributed by atoms with Crippen LogP contribution < -0.4 is 15.7 Å². The van der Waals surface area contributed by atoms with Crippen molar-refractivity contribution in [2.24, 2.45) is 0 Å². The average molecular weight is 539 g/mol. The molecule has 3 heterocycles. The summed E-state index contributed by atoms with van der Waals surface area (Å²) in [5, 5.41) is 2.08. The summed E-state index contributed by atoms with van der Waals surface area (Å²) in [4.78, 5) is 31.6. The third-order valence-electron chi connectivity index (χ3n) is 6.60. The molecule has 8 heteroatoms. The van der Waals surface area contributed by atoms with E-state index in [0.717, 1.165) is 33.3 Å². The van der Waals surface area contributed by atoms with Crippen molar-refractivity contribution >= 4 is 56.5 Å². The van der Waals surface area contributed by atoms with Crippen molar-refractivity contribution in [3.8, 4) is 0 Å². The number of aromatic nitrogens is 3. The molecule has 0 bridgehead atoms. The number of benzene rings is 2. The highest BCUT2D eigenvalue weighted by atomic mass is 35.5. The molecule has 0 saturated heterocycles. The number of fused-ring (bicyclic) bond motifs is 2. The summed E-state index contributed by atoms with van der Waals surface area (Å²) >= 11 is 13.6. The van der Waals surface area contributed by atoms with Crippen LogP contribution in [0.5, 0.6) is 0 Å². The van der Waals surface area contributed by atoms with Crippen molar-refractivity contribution in [2.75, 3.05) is 0 Å². The maximum Gasteiger partial charge on any atom is 0.277 e. The highest BCUT2D eigenvalue weighted by molar-refractivity contribution is 7.15. The third kappa shape index (κ3) is 4.07. The van der Waals surface area contributed by atoms with E-state index in [1.165, 1.54) is 15.7 Å². The van der Waals surface area contributed by atoms with Gasteiger partial charge in [-0.25, -0.2) is 9.38 Å². The predicted molar refractivity (Wildman–Crippen MR) is 150 cm³/mol. The molecule has 0 aliphatic carbocycles. The summed E-state index contributed by atoms with van der Waals surface area (Å²) in [5.41, 5.74) is 5.82. The summed E-state index contributed by atoms with van der Waals surface area (Å²) in [7, 11) is 0. The van der Waals surface area contributed by atoms with Crippen LogP contribution in [0.4, 0.5) is 0 Å². The second kappa shape index (κ2) is 9.18. The van der Waals surface area contributed by atoms with E-state index in [1.54, 1.807) is 6.07 Å². The van der Waals surface area contributed by atoms with E-state index < -0.39 is 0 Å². The van der Waals surface area contributed by atoms with Crippen molar-refractivity contribution in [3.63, 3.8) is 0 Å². The SMILES string of the molecule is Cc1ccc2c(c1)c(/C=c1\sc3nc(C)c(C(C)C)c(=O)n3c1=O)c(C)n2Cc1ccc(Cl)c(Cl)c1. The second-order valence-electron chi connectivity index (χ2n) is 9.46. The van der Waals surface area contributed by atoms with Crippen LogP contribution in [0.1, 0.15) is 53.4 Å². The summed E-state index contributed by atoms with van der Waals surface area (Å²) in [5.74, 6) is -0.0156. The fourth-order valence-corrected chi connectivity index (χ4v) is 6.14. The van der Waals surface area contributed by atoms with E-state index in [1.807, 2.05) is 52.8 Å². The zero-order valence-corrected chi connectivity index (χ0v) is 23.0. The molecule has 0 aliphatic heterocycles. The maximum absolute atomic E-state index is 13.4. The van der Waals surface area contributed by atoms with Crippen LogP contribution in [0, 0.1) is 20.8 Å². The molecule has 0 unspecified atom stereocenters. The van der Waals surface area contributed by atoms with Crippen LogP contribution in [0.25, 0.3) is 21.9 Å². The first-order valence-electron chi connectivity index (χ1n) is 11.7. The van der Waals surface area contributed by atoms with Crippen LogP contribution in [0.3, 0.4) is 0 Å². The largest absolute Gasteiger partial charge is 0.340 e. The van der Waals surface area contributed by atoms with Gasteiger partial charge in [0, 0.05) is 40.0 Å². The van der Waals surface area contributed by atoms with Crippen molar-refractivity contribution in [3.05, 3.63) is 105 Å². The van der Waals surface area contributed by atoms with Gasteiger partial charge in [-0.2, -0.15) is 0 Å². The summed E-state index contributed by atoms with van der Waals surface area (Å²) < 4.78 is 3.91. The predicted octanol–water partition coefficient (Wildman–Crippen LogP) is 6.02. The lowest BCUT2D eigenvalue weighted by Gasteiger charge is -2.10. The van der Waals surface area contributed by atoms with E-state index in [4.69, 9.17) is 23.2 Å². The molecule has 0 amide bonds. The Bertz CT molecular complexity index is 1850. The lowest BCUT2D eigenvalue weighted by atomic mass is 10.0. The van der Waals surface area contributed by atoms with Crippen molar-refractivity contribution in [1.29, 1.82) is 0 Å². The monoisotopic (exact) mass is 537 g/mol. The van der Waals surface area contributed by atoms with Crippen molar-refractivity contribution < 1.29 is 0 Å². The van der Waals surface area contributed by atoms with E-state index in [0.29, 0.717) is 37.3 Å². The standard InChI is InChI=1S/C28H25Cl2N3O2S/c1-14(2)25-16(4)31-28-33(27(25)35)26(34)24(36-28)12-19-17(5)32(23-9-6-15(3)10-20(19)23)13-18-7-8-21(29)22(30)11-18/h6-12,14H,13H2,1-5H3/b24-12-. The Morgan fingerprint density at radius 2 is 1.75 bits per heavy atom. The molecule has 0 N–H and O–H groups in total. The van der Waals surface area contributed by atoms with Gasteiger partial charge in [-0.15, -0.1) is 0 Å². The van der Waals surface area contributed by atoms with Gasteiger partial charge in [0.05, 0.1) is 14.6 Å². The minimum absolute atomic E-state index is 0.0156. The minimum atomic E-state index is -0.327. The molecule has 0 saturated carbocycles. The Balaban J connectivity index is 1.76. The van der Waals surface area contributed by atoms with Gasteiger partial charge in [-0.3, -0.25) is 9.59 Å². The molecular weight excluding hydrogens is 513 g/mol. The Hall–Kier alpha value is -2.93. The first kappa shape index (κ1) is 24.8. The van der Waals surface area contributed by atoms with Crippen molar-refractivity contribution in [2.45, 2.75) is 47.1 Å². The molecule has 5 aromatic rings. The molecule has 0 aliphatic rings. The lowest BCUT2D eigenvalue weighted by Crippen LogP contribution is -2.33. The molecule has 2 aromatic carbocycles. The average Bonchev–Trinajstić information content (AvgIpc) is 3.24. The number of nitrogens with zero attached hydrogens (tertiary/aromatic N) is 3. The second-order valence-corrected chi connectivity index (χ2v) is 11.3. The molecule has 0 radical (unpaired) electrons. The van der Waals surface area contributed by atoms with E-state index >= 15 is 0 Å². The summed E-state index contributed by atoms with van der Waals surface area (Å²) in [6.07, 6.45) is 1.90. The van der Waals surface area contributed by atoms with Crippen LogP contribution in [-0.2, 0) is 6.54 Å². The molecule has 5 rings (SSSR count). The van der Waals surface area contributed by atoms with Gasteiger partial charge in [-0.05, 0) is 62.6 Å². The smallest absolute Gasteiger partial charge is 0.277 e. The van der Waals surface area contributed by atoms with Gasteiger partial charge < -0.3 is 4.57 Å². The van der Waals surface area contributed by atoms with Crippen LogP contribution in [0.2, 0.25) is 10.0 Å². The Labute approximate surface area is 222 Å². The molecule has 36 heavy (non-hydrogen) atoms. The lowest BCUT2D eigenvalue weighted by molar-refractivity contribution is 0.803. The van der Waals surface area contributed by atoms with Gasteiger partial charge in [0.2, 0.25) is 4.96 Å². The molecule has 3 aromatic heterocycles. The first-order chi connectivity index (χ1) is 17.1. The number of hydrogen-bond acceptors (Lipinski definition) is 4. The van der Waals surface area contributed by atoms with Crippen LogP contribution in [0.15, 0.2) is 46.0 Å². The van der Waals surface area contributed by atoms with Gasteiger partial charge in [0.15, 0.2) is 0 Å². The van der Waals surface area contributed by atoms with Gasteiger partial charge in [0.25, 0.3) is 11.1 Å². The number of aryl methyl sites for hydroxylation is 2. The van der Waals surface area contributed by atoms with Gasteiger partial charge in [-0.1, -0.05) is 66.1 Å².